The van der Waals surface area contributed by atoms with E-state index in [4.69, 9.17) is 5.73 Å². The summed E-state index contributed by atoms with van der Waals surface area (Å²) in [6.45, 7) is 1.32. The number of rotatable bonds is 1. The zero-order valence-corrected chi connectivity index (χ0v) is 7.34. The van der Waals surface area contributed by atoms with Gasteiger partial charge in [0, 0.05) is 6.04 Å². The van der Waals surface area contributed by atoms with Crippen molar-refractivity contribution in [2.24, 2.45) is 5.73 Å². The molecule has 0 fully saturated rings. The van der Waals surface area contributed by atoms with Crippen LogP contribution in [-0.2, 0) is 6.18 Å². The average molecular weight is 214 g/mol. The number of hydrogen-bond donors (Lipinski definition) is 1. The van der Waals surface area contributed by atoms with Gasteiger partial charge in [-0.3, -0.25) is 0 Å². The first-order valence-corrected chi connectivity index (χ1v) is 4.13. The molecule has 0 spiro atoms. The smallest absolute Gasteiger partial charge is 0.323 e. The summed E-state index contributed by atoms with van der Waals surface area (Å²) in [6.07, 6.45) is -4.58. The molecule has 0 amide bonds. The van der Waals surface area contributed by atoms with Crippen LogP contribution in [0.1, 0.15) is 23.5 Å². The number of thiazole rings is 1. The zero-order chi connectivity index (χ0) is 10.2. The Hall–Kier alpha value is -0.690. The van der Waals surface area contributed by atoms with Gasteiger partial charge in [-0.05, 0) is 6.92 Å². The van der Waals surface area contributed by atoms with E-state index < -0.39 is 28.1 Å². The second kappa shape index (κ2) is 3.22. The summed E-state index contributed by atoms with van der Waals surface area (Å²) in [5, 5.41) is -1.11. The molecule has 2 nitrogen and oxygen atoms in total. The zero-order valence-electron chi connectivity index (χ0n) is 6.52. The van der Waals surface area contributed by atoms with Crippen molar-refractivity contribution in [3.05, 3.63) is 15.8 Å². The first-order chi connectivity index (χ1) is 5.82. The van der Waals surface area contributed by atoms with Crippen molar-refractivity contribution in [3.63, 3.8) is 0 Å². The van der Waals surface area contributed by atoms with Gasteiger partial charge in [-0.1, -0.05) is 11.3 Å². The SMILES string of the molecule is CC(N)c1nc(F)sc1C(F)(F)F. The summed E-state index contributed by atoms with van der Waals surface area (Å²) in [5.74, 6) is 0. The normalized spacial score (nSPS) is 14.6. The van der Waals surface area contributed by atoms with Crippen molar-refractivity contribution in [2.45, 2.75) is 19.1 Å². The van der Waals surface area contributed by atoms with E-state index in [1.54, 1.807) is 0 Å². The Bertz CT molecular complexity index is 304. The first-order valence-electron chi connectivity index (χ1n) is 3.31. The molecule has 13 heavy (non-hydrogen) atoms. The minimum Gasteiger partial charge on any atom is -0.323 e. The number of nitrogens with zero attached hydrogens (tertiary/aromatic N) is 1. The van der Waals surface area contributed by atoms with Crippen molar-refractivity contribution in [2.75, 3.05) is 0 Å². The van der Waals surface area contributed by atoms with E-state index >= 15 is 0 Å². The molecule has 1 unspecified atom stereocenters. The van der Waals surface area contributed by atoms with Gasteiger partial charge in [-0.2, -0.15) is 17.6 Å². The maximum atomic E-state index is 12.4. The van der Waals surface area contributed by atoms with Crippen LogP contribution in [0.5, 0.6) is 0 Å². The molecule has 0 saturated heterocycles. The van der Waals surface area contributed by atoms with E-state index in [1.807, 2.05) is 0 Å². The minimum absolute atomic E-state index is 0.0331. The molecule has 0 aliphatic heterocycles. The third-order valence-electron chi connectivity index (χ3n) is 1.32. The Labute approximate surface area is 75.4 Å². The molecule has 0 aliphatic carbocycles. The number of halogens is 4. The molecule has 0 aromatic carbocycles. The van der Waals surface area contributed by atoms with Crippen LogP contribution in [0.25, 0.3) is 0 Å². The van der Waals surface area contributed by atoms with Gasteiger partial charge in [0.15, 0.2) is 0 Å². The van der Waals surface area contributed by atoms with Gasteiger partial charge in [0.25, 0.3) is 5.26 Å². The highest BCUT2D eigenvalue weighted by molar-refractivity contribution is 7.10. The van der Waals surface area contributed by atoms with Crippen molar-refractivity contribution in [3.8, 4) is 0 Å². The monoisotopic (exact) mass is 214 g/mol. The second-order valence-corrected chi connectivity index (χ2v) is 3.42. The third-order valence-corrected chi connectivity index (χ3v) is 2.22. The fourth-order valence-corrected chi connectivity index (χ4v) is 1.58. The van der Waals surface area contributed by atoms with Crippen molar-refractivity contribution in [1.29, 1.82) is 0 Å². The average Bonchev–Trinajstić information content (AvgIpc) is 2.29. The van der Waals surface area contributed by atoms with Gasteiger partial charge in [0.1, 0.15) is 4.88 Å². The number of hydrogen-bond acceptors (Lipinski definition) is 3. The van der Waals surface area contributed by atoms with Crippen LogP contribution in [0.3, 0.4) is 0 Å². The van der Waals surface area contributed by atoms with Gasteiger partial charge < -0.3 is 5.73 Å². The molecule has 1 rings (SSSR count). The maximum absolute atomic E-state index is 12.4. The van der Waals surface area contributed by atoms with Crippen LogP contribution in [0.4, 0.5) is 17.6 Å². The molecule has 2 N–H and O–H groups in total. The predicted molar refractivity (Wildman–Crippen MR) is 39.7 cm³/mol. The van der Waals surface area contributed by atoms with Crippen LogP contribution in [0.15, 0.2) is 0 Å². The lowest BCUT2D eigenvalue weighted by atomic mass is 10.2. The Morgan fingerprint density at radius 1 is 1.46 bits per heavy atom. The van der Waals surface area contributed by atoms with Crippen LogP contribution in [-0.4, -0.2) is 4.98 Å². The Kier molecular flexibility index (Phi) is 2.58. The number of nitrogens with two attached hydrogens (primary N) is 1. The van der Waals surface area contributed by atoms with E-state index in [2.05, 4.69) is 4.98 Å². The van der Waals surface area contributed by atoms with Crippen molar-refractivity contribution in [1.82, 2.24) is 4.98 Å². The lowest BCUT2D eigenvalue weighted by Gasteiger charge is -2.07. The molecule has 0 radical (unpaired) electrons. The van der Waals surface area contributed by atoms with Gasteiger partial charge >= 0.3 is 6.18 Å². The van der Waals surface area contributed by atoms with E-state index in [-0.39, 0.29) is 11.3 Å². The second-order valence-electron chi connectivity index (χ2n) is 2.47. The van der Waals surface area contributed by atoms with E-state index in [0.717, 1.165) is 0 Å². The maximum Gasteiger partial charge on any atom is 0.427 e. The minimum atomic E-state index is -4.58. The molecule has 74 valence electrons. The molecule has 7 heteroatoms. The van der Waals surface area contributed by atoms with Crippen molar-refractivity contribution >= 4 is 11.3 Å². The highest BCUT2D eigenvalue weighted by Crippen LogP contribution is 2.37. The lowest BCUT2D eigenvalue weighted by Crippen LogP contribution is -2.13. The molecule has 0 aliphatic rings. The fourth-order valence-electron chi connectivity index (χ4n) is 0.816. The topological polar surface area (TPSA) is 38.9 Å². The molecule has 0 bridgehead atoms. The van der Waals surface area contributed by atoms with E-state index in [0.29, 0.717) is 0 Å². The Balaban J connectivity index is 3.20. The standard InChI is InChI=1S/C6H6F4N2S/c1-2(11)3-4(6(8,9)10)13-5(7)12-3/h2H,11H2,1H3. The molecule has 1 heterocycles. The molecular formula is C6H6F4N2S. The van der Waals surface area contributed by atoms with Crippen LogP contribution < -0.4 is 5.73 Å². The predicted octanol–water partition coefficient (Wildman–Crippen LogP) is 2.32. The summed E-state index contributed by atoms with van der Waals surface area (Å²) in [5.41, 5.74) is 4.77. The van der Waals surface area contributed by atoms with Gasteiger partial charge in [-0.25, -0.2) is 4.98 Å². The quantitative estimate of drug-likeness (QED) is 0.728. The van der Waals surface area contributed by atoms with E-state index in [9.17, 15) is 17.6 Å². The highest BCUT2D eigenvalue weighted by Gasteiger charge is 2.38. The van der Waals surface area contributed by atoms with Crippen molar-refractivity contribution < 1.29 is 17.6 Å². The summed E-state index contributed by atoms with van der Waals surface area (Å²) < 4.78 is 48.9. The Morgan fingerprint density at radius 3 is 2.31 bits per heavy atom. The van der Waals surface area contributed by atoms with Gasteiger partial charge in [0.2, 0.25) is 0 Å². The van der Waals surface area contributed by atoms with Crippen LogP contribution >= 0.6 is 11.3 Å². The summed E-state index contributed by atoms with van der Waals surface area (Å²) in [4.78, 5) is 2.03. The van der Waals surface area contributed by atoms with Gasteiger partial charge in [-0.15, -0.1) is 0 Å². The fraction of sp³-hybridized carbons (Fsp3) is 0.500. The molecule has 0 saturated carbocycles. The number of alkyl halides is 3. The van der Waals surface area contributed by atoms with Gasteiger partial charge in [0.05, 0.1) is 5.69 Å². The molecule has 1 aromatic rings. The van der Waals surface area contributed by atoms with Crippen LogP contribution in [0.2, 0.25) is 0 Å². The third kappa shape index (κ3) is 2.16. The summed E-state index contributed by atoms with van der Waals surface area (Å²) >= 11 is -0.0331. The largest absolute Gasteiger partial charge is 0.427 e. The molecular weight excluding hydrogens is 208 g/mol. The summed E-state index contributed by atoms with van der Waals surface area (Å²) in [7, 11) is 0. The number of aromatic nitrogens is 1. The summed E-state index contributed by atoms with van der Waals surface area (Å²) in [6, 6.07) is -0.919. The van der Waals surface area contributed by atoms with Crippen LogP contribution in [0, 0.1) is 5.26 Å². The highest BCUT2D eigenvalue weighted by atomic mass is 32.1. The first kappa shape index (κ1) is 10.4. The van der Waals surface area contributed by atoms with E-state index in [1.165, 1.54) is 6.92 Å². The molecule has 1 aromatic heterocycles. The molecule has 1 atom stereocenters. The Morgan fingerprint density at radius 2 is 2.00 bits per heavy atom. The lowest BCUT2D eigenvalue weighted by molar-refractivity contribution is -0.135.